The van der Waals surface area contributed by atoms with Gasteiger partial charge in [0.05, 0.1) is 6.61 Å². The molecule has 0 fully saturated rings. The van der Waals surface area contributed by atoms with Crippen molar-refractivity contribution < 1.29 is 14.3 Å². The second-order valence-electron chi connectivity index (χ2n) is 3.42. The van der Waals surface area contributed by atoms with Crippen molar-refractivity contribution >= 4 is 27.7 Å². The zero-order valence-corrected chi connectivity index (χ0v) is 9.81. The van der Waals surface area contributed by atoms with E-state index in [0.717, 1.165) is 0 Å². The lowest BCUT2D eigenvalue weighted by molar-refractivity contribution is -0.147. The lowest BCUT2D eigenvalue weighted by atomic mass is 9.89. The van der Waals surface area contributed by atoms with Crippen LogP contribution in [0.25, 0.3) is 0 Å². The summed E-state index contributed by atoms with van der Waals surface area (Å²) in [7, 11) is 0. The lowest BCUT2D eigenvalue weighted by Gasteiger charge is -2.18. The molecule has 0 rings (SSSR count). The Balaban J connectivity index is 4.07. The van der Waals surface area contributed by atoms with Crippen molar-refractivity contribution in [3.63, 3.8) is 0 Å². The highest BCUT2D eigenvalue weighted by Crippen LogP contribution is 2.21. The number of Topliss-reactive ketones (excluding diaryl/α,β-unsaturated/α-hetero) is 1. The van der Waals surface area contributed by atoms with Gasteiger partial charge >= 0.3 is 5.97 Å². The van der Waals surface area contributed by atoms with Gasteiger partial charge in [0.15, 0.2) is 0 Å². The molecule has 0 N–H and O–H groups in total. The average molecular weight is 251 g/mol. The Morgan fingerprint density at radius 3 is 2.31 bits per heavy atom. The molecule has 13 heavy (non-hydrogen) atoms. The summed E-state index contributed by atoms with van der Waals surface area (Å²) in [6, 6.07) is 0. The molecule has 4 heteroatoms. The third-order valence-electron chi connectivity index (χ3n) is 1.70. The Hall–Kier alpha value is -0.380. The predicted octanol–water partition coefficient (Wildman–Crippen LogP) is 1.93. The topological polar surface area (TPSA) is 43.4 Å². The fourth-order valence-electron chi connectivity index (χ4n) is 0.657. The van der Waals surface area contributed by atoms with Crippen LogP contribution in [0.4, 0.5) is 0 Å². The van der Waals surface area contributed by atoms with Gasteiger partial charge in [-0.2, -0.15) is 0 Å². The molecule has 0 bridgehead atoms. The molecule has 3 nitrogen and oxygen atoms in total. The average Bonchev–Trinajstić information content (AvgIpc) is 2.04. The third-order valence-corrected chi connectivity index (χ3v) is 3.10. The van der Waals surface area contributed by atoms with E-state index in [1.807, 2.05) is 0 Å². The molecule has 0 radical (unpaired) electrons. The van der Waals surface area contributed by atoms with E-state index >= 15 is 0 Å². The minimum atomic E-state index is -0.493. The summed E-state index contributed by atoms with van der Waals surface area (Å²) >= 11 is 3.23. The molecule has 0 aliphatic rings. The Labute approximate surface area is 87.0 Å². The summed E-state index contributed by atoms with van der Waals surface area (Å²) in [5, 5.41) is 0.554. The van der Waals surface area contributed by atoms with E-state index in [2.05, 4.69) is 20.7 Å². The van der Waals surface area contributed by atoms with E-state index in [4.69, 9.17) is 0 Å². The number of carbonyl (C=O) groups excluding carboxylic acids is 2. The fourth-order valence-corrected chi connectivity index (χ4v) is 0.970. The van der Waals surface area contributed by atoms with Gasteiger partial charge in [0.2, 0.25) is 0 Å². The largest absolute Gasteiger partial charge is 0.466 e. The number of alkyl halides is 1. The highest BCUT2D eigenvalue weighted by Gasteiger charge is 2.28. The Kier molecular flexibility index (Phi) is 5.21. The molecule has 76 valence electrons. The summed E-state index contributed by atoms with van der Waals surface area (Å²) in [4.78, 5) is 22.4. The molecule has 0 aromatic heterocycles. The number of halogens is 1. The number of rotatable bonds is 5. The van der Waals surface area contributed by atoms with Crippen LogP contribution in [-0.4, -0.2) is 23.7 Å². The normalized spacial score (nSPS) is 11.1. The van der Waals surface area contributed by atoms with Gasteiger partial charge in [0.25, 0.3) is 0 Å². The van der Waals surface area contributed by atoms with Gasteiger partial charge in [0, 0.05) is 10.7 Å². The summed E-state index contributed by atoms with van der Waals surface area (Å²) in [5.74, 6) is -0.538. The van der Waals surface area contributed by atoms with E-state index in [-0.39, 0.29) is 12.2 Å². The van der Waals surface area contributed by atoms with Crippen LogP contribution in [0.15, 0.2) is 0 Å². The van der Waals surface area contributed by atoms with Crippen molar-refractivity contribution in [1.82, 2.24) is 0 Å². The van der Waals surface area contributed by atoms with Crippen molar-refractivity contribution in [1.29, 1.82) is 0 Å². The maximum Gasteiger partial charge on any atom is 0.313 e. The molecular formula is C9H15BrO3. The first-order valence-corrected chi connectivity index (χ1v) is 5.31. The number of ether oxygens (including phenoxy) is 1. The minimum absolute atomic E-state index is 0.0946. The summed E-state index contributed by atoms with van der Waals surface area (Å²) < 4.78 is 4.68. The maximum absolute atomic E-state index is 11.5. The van der Waals surface area contributed by atoms with E-state index in [9.17, 15) is 9.59 Å². The van der Waals surface area contributed by atoms with E-state index in [1.165, 1.54) is 0 Å². The quantitative estimate of drug-likeness (QED) is 0.426. The monoisotopic (exact) mass is 250 g/mol. The molecule has 0 aromatic carbocycles. The van der Waals surface area contributed by atoms with E-state index in [1.54, 1.807) is 20.8 Å². The number of hydrogen-bond acceptors (Lipinski definition) is 3. The van der Waals surface area contributed by atoms with Gasteiger partial charge in [-0.25, -0.2) is 0 Å². The molecule has 0 saturated carbocycles. The Morgan fingerprint density at radius 2 is 1.92 bits per heavy atom. The molecule has 0 aromatic rings. The molecule has 0 spiro atoms. The summed E-state index contributed by atoms with van der Waals surface area (Å²) in [6.07, 6.45) is -0.133. The van der Waals surface area contributed by atoms with Crippen LogP contribution >= 0.6 is 15.9 Å². The third kappa shape index (κ3) is 4.41. The fraction of sp³-hybridized carbons (Fsp3) is 0.778. The molecular weight excluding hydrogens is 236 g/mol. The first-order valence-electron chi connectivity index (χ1n) is 4.19. The first kappa shape index (κ1) is 12.6. The molecule has 0 heterocycles. The zero-order valence-electron chi connectivity index (χ0n) is 8.22. The van der Waals surface area contributed by atoms with E-state index < -0.39 is 11.4 Å². The zero-order chi connectivity index (χ0) is 10.5. The van der Waals surface area contributed by atoms with Crippen LogP contribution in [0.1, 0.15) is 27.2 Å². The van der Waals surface area contributed by atoms with Crippen molar-refractivity contribution in [3.8, 4) is 0 Å². The molecule has 0 aliphatic heterocycles. The van der Waals surface area contributed by atoms with Crippen LogP contribution in [0, 0.1) is 5.41 Å². The van der Waals surface area contributed by atoms with Gasteiger partial charge in [-0.15, -0.1) is 0 Å². The first-order chi connectivity index (χ1) is 5.94. The lowest BCUT2D eigenvalue weighted by Crippen LogP contribution is -2.28. The SMILES string of the molecule is CCOC(=O)CC(=O)C(C)(C)CBr. The standard InChI is InChI=1S/C9H15BrO3/c1-4-13-8(12)5-7(11)9(2,3)6-10/h4-6H2,1-3H3. The van der Waals surface area contributed by atoms with Gasteiger partial charge in [-0.3, -0.25) is 9.59 Å². The van der Waals surface area contributed by atoms with Crippen molar-refractivity contribution in [2.75, 3.05) is 11.9 Å². The van der Waals surface area contributed by atoms with Crippen LogP contribution < -0.4 is 0 Å². The molecule has 0 unspecified atom stereocenters. The molecule has 0 aliphatic carbocycles. The Bertz CT molecular complexity index is 199. The highest BCUT2D eigenvalue weighted by atomic mass is 79.9. The molecule has 0 atom stereocenters. The highest BCUT2D eigenvalue weighted by molar-refractivity contribution is 9.09. The Morgan fingerprint density at radius 1 is 1.38 bits per heavy atom. The second-order valence-corrected chi connectivity index (χ2v) is 3.98. The van der Waals surface area contributed by atoms with Gasteiger partial charge in [-0.05, 0) is 6.92 Å². The van der Waals surface area contributed by atoms with Crippen molar-refractivity contribution in [2.24, 2.45) is 5.41 Å². The van der Waals surface area contributed by atoms with E-state index in [0.29, 0.717) is 11.9 Å². The number of carbonyl (C=O) groups is 2. The number of esters is 1. The van der Waals surface area contributed by atoms with Crippen LogP contribution in [0.2, 0.25) is 0 Å². The maximum atomic E-state index is 11.5. The minimum Gasteiger partial charge on any atom is -0.466 e. The van der Waals surface area contributed by atoms with Crippen LogP contribution in [0.3, 0.4) is 0 Å². The van der Waals surface area contributed by atoms with Gasteiger partial charge in [0.1, 0.15) is 12.2 Å². The predicted molar refractivity (Wildman–Crippen MR) is 53.8 cm³/mol. The van der Waals surface area contributed by atoms with Gasteiger partial charge < -0.3 is 4.74 Å². The van der Waals surface area contributed by atoms with Crippen molar-refractivity contribution in [2.45, 2.75) is 27.2 Å². The summed E-state index contributed by atoms with van der Waals surface area (Å²) in [6.45, 7) is 5.63. The van der Waals surface area contributed by atoms with Crippen molar-refractivity contribution in [3.05, 3.63) is 0 Å². The smallest absolute Gasteiger partial charge is 0.313 e. The second kappa shape index (κ2) is 5.37. The van der Waals surface area contributed by atoms with Gasteiger partial charge in [-0.1, -0.05) is 29.8 Å². The van der Waals surface area contributed by atoms with Crippen LogP contribution in [-0.2, 0) is 14.3 Å². The molecule has 0 saturated heterocycles. The number of ketones is 1. The number of hydrogen-bond donors (Lipinski definition) is 0. The molecule has 0 amide bonds. The van der Waals surface area contributed by atoms with Crippen LogP contribution in [0.5, 0.6) is 0 Å². The summed E-state index contributed by atoms with van der Waals surface area (Å²) in [5.41, 5.74) is -0.493.